The highest BCUT2D eigenvalue weighted by Gasteiger charge is 2.24. The van der Waals surface area contributed by atoms with E-state index < -0.39 is 0 Å². The van der Waals surface area contributed by atoms with E-state index in [1.807, 2.05) is 11.0 Å². The Bertz CT molecular complexity index is 1090. The van der Waals surface area contributed by atoms with E-state index in [0.717, 1.165) is 33.3 Å². The van der Waals surface area contributed by atoms with Crippen LogP contribution in [0.3, 0.4) is 0 Å². The van der Waals surface area contributed by atoms with Gasteiger partial charge in [-0.15, -0.1) is 0 Å². The van der Waals surface area contributed by atoms with Gasteiger partial charge in [0.2, 0.25) is 5.91 Å². The Hall–Kier alpha value is -2.71. The number of fused-ring (bicyclic) bond motifs is 5. The Morgan fingerprint density at radius 3 is 2.90 bits per heavy atom. The third-order valence-corrected chi connectivity index (χ3v) is 5.81. The maximum absolute atomic E-state index is 12.4. The average molecular weight is 395 g/mol. The molecule has 0 spiro atoms. The average Bonchev–Trinajstić information content (AvgIpc) is 3.14. The van der Waals surface area contributed by atoms with Crippen molar-refractivity contribution in [3.63, 3.8) is 0 Å². The number of carbonyl (C=O) groups excluding carboxylic acids is 1. The molecule has 1 fully saturated rings. The predicted octanol–water partition coefficient (Wildman–Crippen LogP) is 2.05. The maximum Gasteiger partial charge on any atom is 0.223 e. The Kier molecular flexibility index (Phi) is 4.60. The van der Waals surface area contributed by atoms with Gasteiger partial charge < -0.3 is 24.7 Å². The normalized spacial score (nSPS) is 19.6. The second-order valence-corrected chi connectivity index (χ2v) is 7.80. The Morgan fingerprint density at radius 2 is 2.07 bits per heavy atom. The van der Waals surface area contributed by atoms with Crippen LogP contribution in [-0.2, 0) is 27.3 Å². The van der Waals surface area contributed by atoms with E-state index >= 15 is 0 Å². The number of anilines is 1. The number of nitrogens with two attached hydrogens (primary N) is 1. The number of pyridine rings is 1. The molecule has 5 rings (SSSR count). The lowest BCUT2D eigenvalue weighted by molar-refractivity contribution is -0.135. The summed E-state index contributed by atoms with van der Waals surface area (Å²) >= 11 is 0. The van der Waals surface area contributed by atoms with Crippen LogP contribution in [-0.4, -0.2) is 58.3 Å². The van der Waals surface area contributed by atoms with Crippen LogP contribution in [0.15, 0.2) is 18.2 Å². The summed E-state index contributed by atoms with van der Waals surface area (Å²) in [5.74, 6) is 1.50. The summed E-state index contributed by atoms with van der Waals surface area (Å²) in [4.78, 5) is 23.6. The number of hydrogen-bond acceptors (Lipinski definition) is 6. The molecule has 1 saturated heterocycles. The molecule has 0 radical (unpaired) electrons. The molecule has 4 heterocycles. The molecular formula is C21H25N5O3. The standard InChI is InChI=1S/C21H25N5O3/c1-13-11-29-12-17-24-19-20(26(13)17)15-4-2-14(10-16(15)23-21(19)22)3-5-18(27)25-6-8-28-9-7-25/h2,4,10,13H,3,5-9,11-12H2,1H3,(H2,22,23)/t13-/m0/s1. The van der Waals surface area contributed by atoms with E-state index in [-0.39, 0.29) is 11.9 Å². The zero-order valence-electron chi connectivity index (χ0n) is 16.6. The summed E-state index contributed by atoms with van der Waals surface area (Å²) in [5.41, 5.74) is 9.93. The minimum absolute atomic E-state index is 0.176. The smallest absolute Gasteiger partial charge is 0.223 e. The number of aryl methyl sites for hydroxylation is 1. The van der Waals surface area contributed by atoms with Gasteiger partial charge in [-0.2, -0.15) is 0 Å². The molecule has 2 aliphatic heterocycles. The first-order chi connectivity index (χ1) is 14.1. The van der Waals surface area contributed by atoms with E-state index in [4.69, 9.17) is 15.2 Å². The molecular weight excluding hydrogens is 370 g/mol. The fourth-order valence-electron chi connectivity index (χ4n) is 4.32. The van der Waals surface area contributed by atoms with Crippen LogP contribution in [0, 0.1) is 0 Å². The molecule has 0 saturated carbocycles. The Balaban J connectivity index is 1.46. The molecule has 152 valence electrons. The third kappa shape index (κ3) is 3.22. The number of morpholine rings is 1. The van der Waals surface area contributed by atoms with Gasteiger partial charge in [-0.05, 0) is 25.0 Å². The van der Waals surface area contributed by atoms with Crippen molar-refractivity contribution in [3.05, 3.63) is 29.6 Å². The molecule has 2 aliphatic rings. The molecule has 0 bridgehead atoms. The van der Waals surface area contributed by atoms with Crippen LogP contribution in [0.1, 0.15) is 30.8 Å². The number of benzene rings is 1. The van der Waals surface area contributed by atoms with E-state index in [9.17, 15) is 4.79 Å². The number of ether oxygens (including phenoxy) is 2. The Labute approximate surface area is 168 Å². The molecule has 8 nitrogen and oxygen atoms in total. The first-order valence-corrected chi connectivity index (χ1v) is 10.1. The van der Waals surface area contributed by atoms with Gasteiger partial charge in [-0.25, -0.2) is 9.97 Å². The number of amides is 1. The summed E-state index contributed by atoms with van der Waals surface area (Å²) in [6.45, 7) is 5.88. The Morgan fingerprint density at radius 1 is 1.24 bits per heavy atom. The summed E-state index contributed by atoms with van der Waals surface area (Å²) in [5, 5.41) is 1.03. The van der Waals surface area contributed by atoms with Crippen molar-refractivity contribution in [2.45, 2.75) is 32.4 Å². The van der Waals surface area contributed by atoms with Crippen molar-refractivity contribution in [3.8, 4) is 0 Å². The number of imidazole rings is 1. The molecule has 0 aliphatic carbocycles. The van der Waals surface area contributed by atoms with Crippen molar-refractivity contribution >= 4 is 33.7 Å². The van der Waals surface area contributed by atoms with Crippen LogP contribution < -0.4 is 5.73 Å². The highest BCUT2D eigenvalue weighted by molar-refractivity contribution is 6.06. The largest absolute Gasteiger partial charge is 0.382 e. The van der Waals surface area contributed by atoms with Crippen molar-refractivity contribution in [1.82, 2.24) is 19.4 Å². The van der Waals surface area contributed by atoms with Crippen molar-refractivity contribution in [1.29, 1.82) is 0 Å². The summed E-state index contributed by atoms with van der Waals surface area (Å²) in [6.07, 6.45) is 1.17. The van der Waals surface area contributed by atoms with Gasteiger partial charge in [0.15, 0.2) is 5.82 Å². The SMILES string of the molecule is C[C@H]1COCc2nc3c(N)nc4cc(CCC(=O)N5CCOCC5)ccc4c3n21. The number of hydrogen-bond donors (Lipinski definition) is 1. The first kappa shape index (κ1) is 18.3. The molecule has 2 aromatic heterocycles. The van der Waals surface area contributed by atoms with Crippen LogP contribution >= 0.6 is 0 Å². The third-order valence-electron chi connectivity index (χ3n) is 5.81. The van der Waals surface area contributed by atoms with Crippen LogP contribution in [0.2, 0.25) is 0 Å². The van der Waals surface area contributed by atoms with Gasteiger partial charge in [0.25, 0.3) is 0 Å². The second kappa shape index (κ2) is 7.27. The number of nitrogens with zero attached hydrogens (tertiary/aromatic N) is 4. The van der Waals surface area contributed by atoms with E-state index in [1.165, 1.54) is 0 Å². The number of carbonyl (C=O) groups is 1. The lowest BCUT2D eigenvalue weighted by Gasteiger charge is -2.26. The molecule has 1 amide bonds. The van der Waals surface area contributed by atoms with Gasteiger partial charge in [-0.1, -0.05) is 12.1 Å². The second-order valence-electron chi connectivity index (χ2n) is 7.80. The zero-order chi connectivity index (χ0) is 20.0. The molecule has 8 heteroatoms. The van der Waals surface area contributed by atoms with Gasteiger partial charge in [0.05, 0.1) is 36.9 Å². The first-order valence-electron chi connectivity index (χ1n) is 10.1. The van der Waals surface area contributed by atoms with E-state index in [0.29, 0.717) is 58.2 Å². The highest BCUT2D eigenvalue weighted by atomic mass is 16.5. The van der Waals surface area contributed by atoms with Crippen molar-refractivity contribution in [2.75, 3.05) is 38.6 Å². The summed E-state index contributed by atoms with van der Waals surface area (Å²) in [6, 6.07) is 6.40. The summed E-state index contributed by atoms with van der Waals surface area (Å²) < 4.78 is 13.2. The van der Waals surface area contributed by atoms with Crippen molar-refractivity contribution < 1.29 is 14.3 Å². The molecule has 0 unspecified atom stereocenters. The minimum atomic E-state index is 0.176. The quantitative estimate of drug-likeness (QED) is 0.729. The van der Waals surface area contributed by atoms with Gasteiger partial charge in [0, 0.05) is 24.9 Å². The summed E-state index contributed by atoms with van der Waals surface area (Å²) in [7, 11) is 0. The van der Waals surface area contributed by atoms with Gasteiger partial charge in [0.1, 0.15) is 17.9 Å². The molecule has 1 aromatic carbocycles. The van der Waals surface area contributed by atoms with Crippen molar-refractivity contribution in [2.24, 2.45) is 0 Å². The minimum Gasteiger partial charge on any atom is -0.382 e. The fraction of sp³-hybridized carbons (Fsp3) is 0.476. The number of nitrogen functional groups attached to an aromatic ring is 1. The number of rotatable bonds is 3. The van der Waals surface area contributed by atoms with Crippen LogP contribution in [0.4, 0.5) is 5.82 Å². The molecule has 2 N–H and O–H groups in total. The monoisotopic (exact) mass is 395 g/mol. The molecule has 29 heavy (non-hydrogen) atoms. The predicted molar refractivity (Wildman–Crippen MR) is 110 cm³/mol. The van der Waals surface area contributed by atoms with Gasteiger partial charge in [-0.3, -0.25) is 4.79 Å². The zero-order valence-corrected chi connectivity index (χ0v) is 16.6. The molecule has 1 atom stereocenters. The van der Waals surface area contributed by atoms with Crippen LogP contribution in [0.5, 0.6) is 0 Å². The van der Waals surface area contributed by atoms with Gasteiger partial charge >= 0.3 is 0 Å². The lowest BCUT2D eigenvalue weighted by Crippen LogP contribution is -2.40. The molecule has 3 aromatic rings. The van der Waals surface area contributed by atoms with E-state index in [2.05, 4.69) is 33.6 Å². The van der Waals surface area contributed by atoms with E-state index in [1.54, 1.807) is 0 Å². The maximum atomic E-state index is 12.4. The lowest BCUT2D eigenvalue weighted by atomic mass is 10.1. The number of aromatic nitrogens is 3. The highest BCUT2D eigenvalue weighted by Crippen LogP contribution is 2.33. The van der Waals surface area contributed by atoms with Crippen LogP contribution in [0.25, 0.3) is 21.9 Å². The topological polar surface area (TPSA) is 95.5 Å². The fourth-order valence-corrected chi connectivity index (χ4v) is 4.32.